The van der Waals surface area contributed by atoms with Crippen LogP contribution in [-0.2, 0) is 24.3 Å². The molecule has 0 amide bonds. The third kappa shape index (κ3) is 5.19. The van der Waals surface area contributed by atoms with Crippen LogP contribution in [0.15, 0.2) is 66.7 Å². The molecule has 2 bridgehead atoms. The number of nitrogens with zero attached hydrogens (tertiary/aromatic N) is 3. The molecular weight excluding hydrogens is 571 g/mol. The van der Waals surface area contributed by atoms with Gasteiger partial charge in [-0.3, -0.25) is 0 Å². The summed E-state index contributed by atoms with van der Waals surface area (Å²) in [6.45, 7) is 2.87. The topological polar surface area (TPSA) is 86.5 Å². The van der Waals surface area contributed by atoms with Crippen LogP contribution in [0, 0.1) is 29.8 Å². The highest BCUT2D eigenvalue weighted by Crippen LogP contribution is 2.51. The van der Waals surface area contributed by atoms with Crippen molar-refractivity contribution in [1.29, 1.82) is 0 Å². The molecule has 5 aromatic rings. The number of pyridine rings is 1. The molecular formula is C34H28F3N3O4. The summed E-state index contributed by atoms with van der Waals surface area (Å²) in [6, 6.07) is 16.5. The van der Waals surface area contributed by atoms with Crippen molar-refractivity contribution in [3.05, 3.63) is 112 Å². The predicted molar refractivity (Wildman–Crippen MR) is 156 cm³/mol. The monoisotopic (exact) mass is 599 g/mol. The Morgan fingerprint density at radius 1 is 1.00 bits per heavy atom. The van der Waals surface area contributed by atoms with Crippen LogP contribution in [0.4, 0.5) is 13.2 Å². The van der Waals surface area contributed by atoms with E-state index in [1.165, 1.54) is 12.1 Å². The van der Waals surface area contributed by atoms with E-state index in [-0.39, 0.29) is 52.8 Å². The number of hydrogen-bond acceptors (Lipinski definition) is 5. The smallest absolute Gasteiger partial charge is 0.335 e. The van der Waals surface area contributed by atoms with Crippen molar-refractivity contribution in [2.24, 2.45) is 5.41 Å². The Labute approximate surface area is 250 Å². The lowest BCUT2D eigenvalue weighted by Gasteiger charge is -2.36. The molecule has 0 atom stereocenters. The van der Waals surface area contributed by atoms with Crippen molar-refractivity contribution in [1.82, 2.24) is 14.5 Å². The summed E-state index contributed by atoms with van der Waals surface area (Å²) in [5.41, 5.74) is 2.64. The Morgan fingerprint density at radius 3 is 2.57 bits per heavy atom. The fraction of sp³-hybridized carbons (Fsp3) is 0.265. The van der Waals surface area contributed by atoms with Gasteiger partial charge in [-0.05, 0) is 73.4 Å². The van der Waals surface area contributed by atoms with E-state index in [1.54, 1.807) is 49.4 Å². The van der Waals surface area contributed by atoms with E-state index in [0.717, 1.165) is 30.5 Å². The van der Waals surface area contributed by atoms with Crippen LogP contribution in [0.25, 0.3) is 22.3 Å². The first-order valence-corrected chi connectivity index (χ1v) is 14.3. The molecule has 44 heavy (non-hydrogen) atoms. The zero-order chi connectivity index (χ0) is 30.6. The minimum absolute atomic E-state index is 0.000816. The minimum atomic E-state index is -1.05. The normalized spacial score (nSPS) is 18.9. The van der Waals surface area contributed by atoms with Gasteiger partial charge in [-0.2, -0.15) is 0 Å². The van der Waals surface area contributed by atoms with Gasteiger partial charge >= 0.3 is 5.97 Å². The van der Waals surface area contributed by atoms with E-state index < -0.39 is 23.4 Å². The second-order valence-corrected chi connectivity index (χ2v) is 11.8. The maximum Gasteiger partial charge on any atom is 0.335 e. The van der Waals surface area contributed by atoms with Crippen molar-refractivity contribution in [2.75, 3.05) is 6.61 Å². The number of carboxylic acid groups (broad SMARTS) is 1. The number of carbonyl (C=O) groups is 1. The van der Waals surface area contributed by atoms with Crippen LogP contribution < -0.4 is 4.74 Å². The van der Waals surface area contributed by atoms with Crippen molar-refractivity contribution in [3.63, 3.8) is 0 Å². The quantitative estimate of drug-likeness (QED) is 0.199. The zero-order valence-electron chi connectivity index (χ0n) is 23.8. The average molecular weight is 600 g/mol. The van der Waals surface area contributed by atoms with Crippen LogP contribution in [0.2, 0.25) is 0 Å². The fourth-order valence-electron chi connectivity index (χ4n) is 6.22. The van der Waals surface area contributed by atoms with Crippen molar-refractivity contribution >= 4 is 17.0 Å². The van der Waals surface area contributed by atoms with Gasteiger partial charge in [0.05, 0.1) is 35.0 Å². The van der Waals surface area contributed by atoms with Crippen molar-refractivity contribution in [3.8, 4) is 17.1 Å². The highest BCUT2D eigenvalue weighted by Gasteiger charge is 2.52. The molecule has 2 aliphatic heterocycles. The van der Waals surface area contributed by atoms with Crippen molar-refractivity contribution in [2.45, 2.75) is 45.4 Å². The molecule has 7 nitrogen and oxygen atoms in total. The van der Waals surface area contributed by atoms with Gasteiger partial charge in [-0.25, -0.2) is 27.9 Å². The number of hydrogen-bond donors (Lipinski definition) is 1. The molecule has 3 aliphatic rings. The van der Waals surface area contributed by atoms with E-state index in [4.69, 9.17) is 14.5 Å². The lowest BCUT2D eigenvalue weighted by atomic mass is 9.70. The first kappa shape index (κ1) is 28.1. The fourth-order valence-corrected chi connectivity index (χ4v) is 6.22. The second-order valence-electron chi connectivity index (χ2n) is 11.8. The molecule has 1 N–H and O–H groups in total. The SMILES string of the molecule is Cc1ccc(COc2cccc(-c3cc(F)c(Cc4nc5ccc(C(=O)O)cc5n4CC45COC(C4)C5)cc3F)n2)c(F)c1. The number of halogens is 3. The van der Waals surface area contributed by atoms with E-state index in [1.807, 2.05) is 4.57 Å². The highest BCUT2D eigenvalue weighted by molar-refractivity contribution is 5.92. The molecule has 8 rings (SSSR count). The molecule has 0 unspecified atom stereocenters. The van der Waals surface area contributed by atoms with Gasteiger partial charge < -0.3 is 19.1 Å². The molecule has 0 radical (unpaired) electrons. The number of ether oxygens (including phenoxy) is 2. The summed E-state index contributed by atoms with van der Waals surface area (Å²) < 4.78 is 58.7. The van der Waals surface area contributed by atoms with Gasteiger partial charge in [0.25, 0.3) is 0 Å². The number of imidazole rings is 1. The lowest BCUT2D eigenvalue weighted by Crippen LogP contribution is -2.37. The molecule has 1 aliphatic carbocycles. The van der Waals surface area contributed by atoms with Gasteiger partial charge in [0, 0.05) is 35.6 Å². The standard InChI is InChI=1S/C34H28F3N3O4/c1-19-5-6-21(25(35)9-19)16-43-32-4-2-3-28(39-32)24-13-26(36)22(10-27(24)37)12-31-38-29-8-7-20(33(41)42)11-30(29)40(31)17-34-14-23(15-34)44-18-34/h2-11,13,23H,12,14-18H2,1H3,(H,41,42). The summed E-state index contributed by atoms with van der Waals surface area (Å²) >= 11 is 0. The predicted octanol–water partition coefficient (Wildman–Crippen LogP) is 6.87. The molecule has 4 heterocycles. The lowest BCUT2D eigenvalue weighted by molar-refractivity contribution is 0.0697. The number of aromatic carboxylic acids is 1. The summed E-state index contributed by atoms with van der Waals surface area (Å²) in [5, 5.41) is 9.56. The maximum absolute atomic E-state index is 15.6. The largest absolute Gasteiger partial charge is 0.478 e. The molecule has 224 valence electrons. The molecule has 1 saturated carbocycles. The number of fused-ring (bicyclic) bond motifs is 2. The minimum Gasteiger partial charge on any atom is -0.478 e. The number of carboxylic acids is 1. The van der Waals surface area contributed by atoms with Crippen LogP contribution in [-0.4, -0.2) is 38.3 Å². The Morgan fingerprint density at radius 2 is 1.82 bits per heavy atom. The van der Waals surface area contributed by atoms with Gasteiger partial charge in [0.2, 0.25) is 5.88 Å². The first-order chi connectivity index (χ1) is 21.2. The molecule has 10 heteroatoms. The van der Waals surface area contributed by atoms with E-state index >= 15 is 8.78 Å². The number of benzene rings is 3. The number of aromatic nitrogens is 3. The number of rotatable bonds is 9. The van der Waals surface area contributed by atoms with Gasteiger partial charge in [-0.1, -0.05) is 18.2 Å². The summed E-state index contributed by atoms with van der Waals surface area (Å²) in [7, 11) is 0. The van der Waals surface area contributed by atoms with Gasteiger partial charge in [0.1, 0.15) is 29.9 Å². The van der Waals surface area contributed by atoms with Crippen LogP contribution in [0.1, 0.15) is 45.7 Å². The van der Waals surface area contributed by atoms with E-state index in [2.05, 4.69) is 4.98 Å². The average Bonchev–Trinajstić information content (AvgIpc) is 3.68. The van der Waals surface area contributed by atoms with E-state index in [0.29, 0.717) is 35.6 Å². The Balaban J connectivity index is 1.17. The summed E-state index contributed by atoms with van der Waals surface area (Å²) in [4.78, 5) is 20.7. The van der Waals surface area contributed by atoms with Crippen LogP contribution in [0.5, 0.6) is 5.88 Å². The van der Waals surface area contributed by atoms with E-state index in [9.17, 15) is 14.3 Å². The molecule has 3 aromatic carbocycles. The Kier molecular flexibility index (Phi) is 6.88. The third-order valence-corrected chi connectivity index (χ3v) is 8.58. The molecule has 0 spiro atoms. The maximum atomic E-state index is 15.6. The number of aryl methyl sites for hydroxylation is 1. The zero-order valence-corrected chi connectivity index (χ0v) is 23.8. The van der Waals surface area contributed by atoms with Gasteiger partial charge in [0.15, 0.2) is 0 Å². The summed E-state index contributed by atoms with van der Waals surface area (Å²) in [6.07, 6.45) is 2.04. The Bertz CT molecular complexity index is 1930. The molecule has 2 saturated heterocycles. The first-order valence-electron chi connectivity index (χ1n) is 14.3. The van der Waals surface area contributed by atoms with Crippen LogP contribution in [0.3, 0.4) is 0 Å². The highest BCUT2D eigenvalue weighted by atomic mass is 19.1. The third-order valence-electron chi connectivity index (χ3n) is 8.58. The van der Waals surface area contributed by atoms with Crippen molar-refractivity contribution < 1.29 is 32.5 Å². The molecule has 2 aromatic heterocycles. The second kappa shape index (κ2) is 10.8. The van der Waals surface area contributed by atoms with Crippen LogP contribution >= 0.6 is 0 Å². The molecule has 3 fully saturated rings. The Hall–Kier alpha value is -4.70. The summed E-state index contributed by atoms with van der Waals surface area (Å²) in [5.74, 6) is -2.09. The van der Waals surface area contributed by atoms with Gasteiger partial charge in [-0.15, -0.1) is 0 Å².